The lowest BCUT2D eigenvalue weighted by molar-refractivity contribution is -0.139. The lowest BCUT2D eigenvalue weighted by Crippen LogP contribution is -2.48. The number of aliphatic carboxylic acids is 1. The molecule has 14 heavy (non-hydrogen) atoms. The summed E-state index contributed by atoms with van der Waals surface area (Å²) in [5.74, 6) is -0.997. The molecule has 0 aromatic carbocycles. The minimum absolute atomic E-state index is 0.110. The summed E-state index contributed by atoms with van der Waals surface area (Å²) >= 11 is 0. The number of nitrogens with one attached hydrogen (secondary N) is 2. The van der Waals surface area contributed by atoms with Crippen molar-refractivity contribution in [2.24, 2.45) is 0 Å². The number of carboxylic acid groups (broad SMARTS) is 1. The molecule has 0 aliphatic heterocycles. The maximum atomic E-state index is 11.3. The zero-order valence-corrected chi connectivity index (χ0v) is 8.46. The molecule has 0 aromatic rings. The molecule has 80 valence electrons. The van der Waals surface area contributed by atoms with Crippen LogP contribution in [0.1, 0.15) is 33.1 Å². The molecule has 1 saturated carbocycles. The van der Waals surface area contributed by atoms with Gasteiger partial charge in [0.1, 0.15) is 6.04 Å². The number of rotatable bonds is 4. The molecule has 5 heteroatoms. The molecule has 5 nitrogen and oxygen atoms in total. The van der Waals surface area contributed by atoms with Crippen LogP contribution < -0.4 is 10.6 Å². The minimum atomic E-state index is -0.997. The summed E-state index contributed by atoms with van der Waals surface area (Å²) in [6.45, 7) is 3.66. The molecule has 0 unspecified atom stereocenters. The van der Waals surface area contributed by atoms with Crippen molar-refractivity contribution >= 4 is 12.0 Å². The Balaban J connectivity index is 2.34. The van der Waals surface area contributed by atoms with Crippen LogP contribution in [0.25, 0.3) is 0 Å². The van der Waals surface area contributed by atoms with Gasteiger partial charge in [0, 0.05) is 5.54 Å². The van der Waals surface area contributed by atoms with Crippen molar-refractivity contribution in [2.45, 2.75) is 44.7 Å². The van der Waals surface area contributed by atoms with Gasteiger partial charge in [0.15, 0.2) is 0 Å². The molecule has 0 spiro atoms. The van der Waals surface area contributed by atoms with E-state index in [4.69, 9.17) is 5.11 Å². The number of hydrogen-bond acceptors (Lipinski definition) is 2. The molecule has 0 saturated heterocycles. The van der Waals surface area contributed by atoms with Crippen LogP contribution in [-0.2, 0) is 4.79 Å². The second kappa shape index (κ2) is 3.86. The van der Waals surface area contributed by atoms with Crippen LogP contribution in [0.5, 0.6) is 0 Å². The van der Waals surface area contributed by atoms with E-state index in [0.717, 1.165) is 12.8 Å². The first-order valence-electron chi connectivity index (χ1n) is 4.78. The predicted molar refractivity (Wildman–Crippen MR) is 51.0 cm³/mol. The third-order valence-electron chi connectivity index (χ3n) is 2.43. The average molecular weight is 200 g/mol. The van der Waals surface area contributed by atoms with Crippen molar-refractivity contribution < 1.29 is 14.7 Å². The maximum Gasteiger partial charge on any atom is 0.326 e. The van der Waals surface area contributed by atoms with Gasteiger partial charge in [-0.3, -0.25) is 0 Å². The highest BCUT2D eigenvalue weighted by atomic mass is 16.4. The summed E-state index contributed by atoms with van der Waals surface area (Å²) in [5, 5.41) is 13.8. The van der Waals surface area contributed by atoms with Gasteiger partial charge < -0.3 is 15.7 Å². The normalized spacial score (nSPS) is 19.6. The quantitative estimate of drug-likeness (QED) is 0.625. The number of urea groups is 1. The number of carboxylic acids is 1. The van der Waals surface area contributed by atoms with Crippen LogP contribution in [-0.4, -0.2) is 28.7 Å². The van der Waals surface area contributed by atoms with Crippen LogP contribution in [0.3, 0.4) is 0 Å². The summed E-state index contributed by atoms with van der Waals surface area (Å²) in [6, 6.07) is -1.18. The molecule has 3 N–H and O–H groups in total. The SMILES string of the molecule is CC[C@@H](NC(=O)NC1(C)CC1)C(=O)O. The third-order valence-corrected chi connectivity index (χ3v) is 2.43. The molecule has 0 heterocycles. The molecule has 1 aliphatic rings. The van der Waals surface area contributed by atoms with Crippen LogP contribution in [0.15, 0.2) is 0 Å². The van der Waals surface area contributed by atoms with Crippen LogP contribution in [0.4, 0.5) is 4.79 Å². The van der Waals surface area contributed by atoms with Crippen molar-refractivity contribution in [3.8, 4) is 0 Å². The minimum Gasteiger partial charge on any atom is -0.480 e. The van der Waals surface area contributed by atoms with Crippen molar-refractivity contribution in [1.82, 2.24) is 10.6 Å². The molecule has 1 fully saturated rings. The van der Waals surface area contributed by atoms with Crippen LogP contribution in [0.2, 0.25) is 0 Å². The zero-order valence-electron chi connectivity index (χ0n) is 8.46. The number of amides is 2. The summed E-state index contributed by atoms with van der Waals surface area (Å²) < 4.78 is 0. The van der Waals surface area contributed by atoms with Gasteiger partial charge in [-0.25, -0.2) is 9.59 Å². The average Bonchev–Trinajstić information content (AvgIpc) is 2.78. The summed E-state index contributed by atoms with van der Waals surface area (Å²) in [6.07, 6.45) is 2.31. The van der Waals surface area contributed by atoms with Gasteiger partial charge in [0.25, 0.3) is 0 Å². The van der Waals surface area contributed by atoms with E-state index in [1.165, 1.54) is 0 Å². The Hall–Kier alpha value is -1.26. The molecule has 0 aromatic heterocycles. The Morgan fingerprint density at radius 3 is 2.43 bits per heavy atom. The van der Waals surface area contributed by atoms with E-state index in [9.17, 15) is 9.59 Å². The number of carbonyl (C=O) groups is 2. The molecular formula is C9H16N2O3. The first kappa shape index (κ1) is 10.8. The fourth-order valence-electron chi connectivity index (χ4n) is 1.12. The molecule has 2 amide bonds. The van der Waals surface area contributed by atoms with E-state index in [-0.39, 0.29) is 11.6 Å². The predicted octanol–water partition coefficient (Wildman–Crippen LogP) is 0.701. The Labute approximate surface area is 82.9 Å². The second-order valence-corrected chi connectivity index (χ2v) is 3.96. The van der Waals surface area contributed by atoms with E-state index in [2.05, 4.69) is 10.6 Å². The van der Waals surface area contributed by atoms with Gasteiger partial charge in [-0.15, -0.1) is 0 Å². The molecule has 0 bridgehead atoms. The van der Waals surface area contributed by atoms with Gasteiger partial charge in [-0.05, 0) is 26.2 Å². The first-order valence-corrected chi connectivity index (χ1v) is 4.78. The molecule has 0 radical (unpaired) electrons. The smallest absolute Gasteiger partial charge is 0.326 e. The lowest BCUT2D eigenvalue weighted by atomic mass is 10.2. The second-order valence-electron chi connectivity index (χ2n) is 3.96. The Kier molecular flexibility index (Phi) is 2.98. The fraction of sp³-hybridized carbons (Fsp3) is 0.778. The van der Waals surface area contributed by atoms with E-state index >= 15 is 0 Å². The summed E-state index contributed by atoms with van der Waals surface area (Å²) in [5.41, 5.74) is -0.110. The fourth-order valence-corrected chi connectivity index (χ4v) is 1.12. The third kappa shape index (κ3) is 2.90. The van der Waals surface area contributed by atoms with Gasteiger partial charge in [0.05, 0.1) is 0 Å². The monoisotopic (exact) mass is 200 g/mol. The summed E-state index contributed by atoms with van der Waals surface area (Å²) in [4.78, 5) is 21.9. The highest BCUT2D eigenvalue weighted by Crippen LogP contribution is 2.33. The molecule has 1 atom stereocenters. The van der Waals surface area contributed by atoms with E-state index in [0.29, 0.717) is 6.42 Å². The van der Waals surface area contributed by atoms with E-state index in [1.807, 2.05) is 6.92 Å². The van der Waals surface area contributed by atoms with Crippen molar-refractivity contribution in [3.63, 3.8) is 0 Å². The van der Waals surface area contributed by atoms with Gasteiger partial charge in [-0.1, -0.05) is 6.92 Å². The first-order chi connectivity index (χ1) is 6.47. The zero-order chi connectivity index (χ0) is 10.8. The maximum absolute atomic E-state index is 11.3. The number of carbonyl (C=O) groups excluding carboxylic acids is 1. The Morgan fingerprint density at radius 2 is 2.07 bits per heavy atom. The molecular weight excluding hydrogens is 184 g/mol. The topological polar surface area (TPSA) is 78.4 Å². The van der Waals surface area contributed by atoms with Crippen molar-refractivity contribution in [1.29, 1.82) is 0 Å². The van der Waals surface area contributed by atoms with Gasteiger partial charge in [0.2, 0.25) is 0 Å². The standard InChI is InChI=1S/C9H16N2O3/c1-3-6(7(12)13)10-8(14)11-9(2)4-5-9/h6H,3-5H2,1-2H3,(H,12,13)(H2,10,11,14)/t6-/m1/s1. The molecule has 1 rings (SSSR count). The van der Waals surface area contributed by atoms with Crippen molar-refractivity contribution in [2.75, 3.05) is 0 Å². The van der Waals surface area contributed by atoms with E-state index in [1.54, 1.807) is 6.92 Å². The highest BCUT2D eigenvalue weighted by molar-refractivity contribution is 5.82. The molecule has 1 aliphatic carbocycles. The lowest BCUT2D eigenvalue weighted by Gasteiger charge is -2.16. The highest BCUT2D eigenvalue weighted by Gasteiger charge is 2.39. The Bertz CT molecular complexity index is 248. The van der Waals surface area contributed by atoms with Gasteiger partial charge >= 0.3 is 12.0 Å². The number of hydrogen-bond donors (Lipinski definition) is 3. The van der Waals surface area contributed by atoms with Crippen LogP contribution in [0, 0.1) is 0 Å². The van der Waals surface area contributed by atoms with Crippen molar-refractivity contribution in [3.05, 3.63) is 0 Å². The Morgan fingerprint density at radius 1 is 1.50 bits per heavy atom. The summed E-state index contributed by atoms with van der Waals surface area (Å²) in [7, 11) is 0. The largest absolute Gasteiger partial charge is 0.480 e. The van der Waals surface area contributed by atoms with Gasteiger partial charge in [-0.2, -0.15) is 0 Å². The van der Waals surface area contributed by atoms with E-state index < -0.39 is 12.0 Å². The van der Waals surface area contributed by atoms with Crippen LogP contribution >= 0.6 is 0 Å².